The molecule has 0 aromatic heterocycles. The van der Waals surface area contributed by atoms with E-state index in [0.29, 0.717) is 12.0 Å². The zero-order chi connectivity index (χ0) is 13.8. The molecule has 0 unspecified atom stereocenters. The molecule has 0 spiro atoms. The van der Waals surface area contributed by atoms with E-state index >= 15 is 0 Å². The first-order chi connectivity index (χ1) is 9.11. The van der Waals surface area contributed by atoms with Crippen LogP contribution in [0.4, 0.5) is 11.4 Å². The van der Waals surface area contributed by atoms with Gasteiger partial charge in [-0.2, -0.15) is 0 Å². The summed E-state index contributed by atoms with van der Waals surface area (Å²) in [4.78, 5) is 2.50. The zero-order valence-corrected chi connectivity index (χ0v) is 12.4. The maximum Gasteiger partial charge on any atom is 0.144 e. The number of hydrogen-bond acceptors (Lipinski definition) is 3. The maximum atomic E-state index is 5.98. The molecular weight excluding hydrogens is 236 g/mol. The number of anilines is 2. The molecule has 1 aromatic rings. The molecule has 0 amide bonds. The lowest BCUT2D eigenvalue weighted by atomic mass is 10.1. The van der Waals surface area contributed by atoms with Crippen LogP contribution < -0.4 is 15.4 Å². The quantitative estimate of drug-likeness (QED) is 0.762. The highest BCUT2D eigenvalue weighted by molar-refractivity contribution is 5.63. The van der Waals surface area contributed by atoms with Crippen molar-refractivity contribution >= 4 is 11.4 Å². The third-order valence-corrected chi connectivity index (χ3v) is 3.34. The van der Waals surface area contributed by atoms with Crippen molar-refractivity contribution in [3.05, 3.63) is 18.2 Å². The Kier molecular flexibility index (Phi) is 4.56. The van der Waals surface area contributed by atoms with Crippen molar-refractivity contribution in [3.63, 3.8) is 0 Å². The minimum absolute atomic E-state index is 0.665. The molecule has 0 radical (unpaired) electrons. The van der Waals surface area contributed by atoms with Crippen LogP contribution in [0.3, 0.4) is 0 Å². The predicted molar refractivity (Wildman–Crippen MR) is 81.8 cm³/mol. The fraction of sp³-hybridized carbons (Fsp3) is 0.625. The largest absolute Gasteiger partial charge is 0.491 e. The van der Waals surface area contributed by atoms with Crippen LogP contribution in [0.1, 0.15) is 40.0 Å². The number of nitrogens with two attached hydrogens (primary N) is 1. The smallest absolute Gasteiger partial charge is 0.144 e. The lowest BCUT2D eigenvalue weighted by molar-refractivity contribution is 0.319. The average molecular weight is 262 g/mol. The van der Waals surface area contributed by atoms with E-state index in [9.17, 15) is 0 Å². The SMILES string of the molecule is CCCOc1cc(N(CC(C)C)C2CC2)ccc1N. The van der Waals surface area contributed by atoms with Gasteiger partial charge in [0.05, 0.1) is 12.3 Å². The summed E-state index contributed by atoms with van der Waals surface area (Å²) >= 11 is 0. The Labute approximate surface area is 116 Å². The number of rotatable bonds is 7. The molecule has 3 heteroatoms. The number of nitrogen functional groups attached to an aromatic ring is 1. The van der Waals surface area contributed by atoms with E-state index in [-0.39, 0.29) is 0 Å². The van der Waals surface area contributed by atoms with Crippen molar-refractivity contribution < 1.29 is 4.74 Å². The number of benzene rings is 1. The van der Waals surface area contributed by atoms with Crippen molar-refractivity contribution in [1.29, 1.82) is 0 Å². The molecule has 0 heterocycles. The second kappa shape index (κ2) is 6.18. The Bertz CT molecular complexity index is 413. The maximum absolute atomic E-state index is 5.98. The van der Waals surface area contributed by atoms with E-state index in [4.69, 9.17) is 10.5 Å². The first-order valence-corrected chi connectivity index (χ1v) is 7.40. The molecule has 1 aromatic carbocycles. The summed E-state index contributed by atoms with van der Waals surface area (Å²) in [6, 6.07) is 6.90. The van der Waals surface area contributed by atoms with Gasteiger partial charge in [0.1, 0.15) is 5.75 Å². The minimum atomic E-state index is 0.665. The Morgan fingerprint density at radius 2 is 2.11 bits per heavy atom. The van der Waals surface area contributed by atoms with E-state index in [2.05, 4.69) is 37.8 Å². The van der Waals surface area contributed by atoms with Gasteiger partial charge in [0.2, 0.25) is 0 Å². The van der Waals surface area contributed by atoms with Crippen LogP contribution >= 0.6 is 0 Å². The molecule has 2 rings (SSSR count). The van der Waals surface area contributed by atoms with E-state index < -0.39 is 0 Å². The zero-order valence-electron chi connectivity index (χ0n) is 12.4. The molecule has 19 heavy (non-hydrogen) atoms. The standard InChI is InChI=1S/C16H26N2O/c1-4-9-19-16-10-14(7-8-15(16)17)18(11-12(2)3)13-5-6-13/h7-8,10,12-13H,4-6,9,11,17H2,1-3H3. The molecule has 0 bridgehead atoms. The molecule has 0 saturated heterocycles. The number of nitrogens with zero attached hydrogens (tertiary/aromatic N) is 1. The summed E-state index contributed by atoms with van der Waals surface area (Å²) in [7, 11) is 0. The van der Waals surface area contributed by atoms with Gasteiger partial charge >= 0.3 is 0 Å². The lowest BCUT2D eigenvalue weighted by Crippen LogP contribution is -2.29. The van der Waals surface area contributed by atoms with E-state index in [1.807, 2.05) is 6.07 Å². The van der Waals surface area contributed by atoms with Gasteiger partial charge in [-0.05, 0) is 37.3 Å². The van der Waals surface area contributed by atoms with Crippen molar-refractivity contribution in [2.75, 3.05) is 23.8 Å². The fourth-order valence-corrected chi connectivity index (χ4v) is 2.28. The van der Waals surface area contributed by atoms with Gasteiger partial charge in [0, 0.05) is 24.3 Å². The van der Waals surface area contributed by atoms with Crippen molar-refractivity contribution in [1.82, 2.24) is 0 Å². The fourth-order valence-electron chi connectivity index (χ4n) is 2.28. The Morgan fingerprint density at radius 3 is 2.68 bits per heavy atom. The molecule has 2 N–H and O–H groups in total. The van der Waals surface area contributed by atoms with E-state index in [0.717, 1.165) is 31.0 Å². The topological polar surface area (TPSA) is 38.5 Å². The van der Waals surface area contributed by atoms with Crippen molar-refractivity contribution in [2.24, 2.45) is 5.92 Å². The molecule has 0 aliphatic heterocycles. The molecule has 1 fully saturated rings. The van der Waals surface area contributed by atoms with Crippen LogP contribution in [0.25, 0.3) is 0 Å². The van der Waals surface area contributed by atoms with Crippen LogP contribution in [0.2, 0.25) is 0 Å². The van der Waals surface area contributed by atoms with E-state index in [1.165, 1.54) is 18.5 Å². The molecular formula is C16H26N2O. The number of ether oxygens (including phenoxy) is 1. The third kappa shape index (κ3) is 3.79. The highest BCUT2D eigenvalue weighted by Crippen LogP contribution is 2.35. The molecule has 1 aliphatic carbocycles. The van der Waals surface area contributed by atoms with Crippen molar-refractivity contribution in [2.45, 2.75) is 46.1 Å². The lowest BCUT2D eigenvalue weighted by Gasteiger charge is -2.27. The third-order valence-electron chi connectivity index (χ3n) is 3.34. The highest BCUT2D eigenvalue weighted by atomic mass is 16.5. The Morgan fingerprint density at radius 1 is 1.37 bits per heavy atom. The summed E-state index contributed by atoms with van der Waals surface area (Å²) in [5.74, 6) is 1.49. The van der Waals surface area contributed by atoms with Gasteiger partial charge in [0.15, 0.2) is 0 Å². The van der Waals surface area contributed by atoms with Crippen LogP contribution in [0, 0.1) is 5.92 Å². The molecule has 1 saturated carbocycles. The van der Waals surface area contributed by atoms with Gasteiger partial charge in [-0.25, -0.2) is 0 Å². The number of hydrogen-bond donors (Lipinski definition) is 1. The molecule has 106 valence electrons. The summed E-state index contributed by atoms with van der Waals surface area (Å²) in [6.45, 7) is 8.46. The van der Waals surface area contributed by atoms with Gasteiger partial charge < -0.3 is 15.4 Å². The monoisotopic (exact) mass is 262 g/mol. The predicted octanol–water partition coefficient (Wildman–Crippen LogP) is 3.68. The van der Waals surface area contributed by atoms with Crippen LogP contribution in [0.15, 0.2) is 18.2 Å². The molecule has 3 nitrogen and oxygen atoms in total. The van der Waals surface area contributed by atoms with Crippen LogP contribution in [-0.2, 0) is 0 Å². The highest BCUT2D eigenvalue weighted by Gasteiger charge is 2.29. The first kappa shape index (κ1) is 14.0. The Balaban J connectivity index is 2.17. The Hall–Kier alpha value is -1.38. The minimum Gasteiger partial charge on any atom is -0.491 e. The van der Waals surface area contributed by atoms with Gasteiger partial charge in [-0.15, -0.1) is 0 Å². The van der Waals surface area contributed by atoms with Gasteiger partial charge in [-0.1, -0.05) is 20.8 Å². The summed E-state index contributed by atoms with van der Waals surface area (Å²) in [5.41, 5.74) is 7.96. The second-order valence-electron chi connectivity index (χ2n) is 5.85. The first-order valence-electron chi connectivity index (χ1n) is 7.40. The summed E-state index contributed by atoms with van der Waals surface area (Å²) in [5, 5.41) is 0. The van der Waals surface area contributed by atoms with Gasteiger partial charge in [-0.3, -0.25) is 0 Å². The van der Waals surface area contributed by atoms with Gasteiger partial charge in [0.25, 0.3) is 0 Å². The summed E-state index contributed by atoms with van der Waals surface area (Å²) in [6.07, 6.45) is 3.62. The molecule has 0 atom stereocenters. The van der Waals surface area contributed by atoms with Crippen LogP contribution in [-0.4, -0.2) is 19.2 Å². The molecule has 1 aliphatic rings. The van der Waals surface area contributed by atoms with E-state index in [1.54, 1.807) is 0 Å². The van der Waals surface area contributed by atoms with Crippen LogP contribution in [0.5, 0.6) is 5.75 Å². The summed E-state index contributed by atoms with van der Waals surface area (Å²) < 4.78 is 5.73. The van der Waals surface area contributed by atoms with Crippen molar-refractivity contribution in [3.8, 4) is 5.75 Å². The normalized spacial score (nSPS) is 14.7. The second-order valence-corrected chi connectivity index (χ2v) is 5.85. The average Bonchev–Trinajstić information content (AvgIpc) is 3.19.